The third-order valence-electron chi connectivity index (χ3n) is 1.68. The van der Waals surface area contributed by atoms with Crippen LogP contribution in [-0.2, 0) is 4.74 Å². The molecule has 66 valence electrons. The highest BCUT2D eigenvalue weighted by Crippen LogP contribution is 2.16. The van der Waals surface area contributed by atoms with Crippen LogP contribution in [0.25, 0.3) is 5.65 Å². The maximum Gasteiger partial charge on any atom is 0.361 e. The first kappa shape index (κ1) is 8.20. The van der Waals surface area contributed by atoms with Crippen LogP contribution < -0.4 is 0 Å². The van der Waals surface area contributed by atoms with Crippen LogP contribution in [-0.4, -0.2) is 22.2 Å². The van der Waals surface area contributed by atoms with Crippen LogP contribution in [0.5, 0.6) is 0 Å². The molecule has 0 fully saturated rings. The largest absolute Gasteiger partial charge is 0.464 e. The van der Waals surface area contributed by atoms with Gasteiger partial charge in [0, 0.05) is 6.20 Å². The Morgan fingerprint density at radius 2 is 2.46 bits per heavy atom. The third-order valence-corrected chi connectivity index (χ3v) is 2.57. The van der Waals surface area contributed by atoms with E-state index in [2.05, 4.69) is 9.48 Å². The molecule has 0 saturated heterocycles. The lowest BCUT2D eigenvalue weighted by atomic mass is 10.5. The molecule has 0 unspecified atom stereocenters. The molecule has 0 aliphatic carbocycles. The number of aromatic nitrogens is 2. The molecule has 0 N–H and O–H groups in total. The number of rotatable bonds is 1. The van der Waals surface area contributed by atoms with Gasteiger partial charge in [-0.1, -0.05) is 6.07 Å². The van der Waals surface area contributed by atoms with Gasteiger partial charge in [-0.05, 0) is 12.1 Å². The van der Waals surface area contributed by atoms with E-state index in [9.17, 15) is 4.79 Å². The number of ether oxygens (including phenoxy) is 1. The summed E-state index contributed by atoms with van der Waals surface area (Å²) in [5.74, 6) is -0.333. The standard InChI is InChI=1S/C8H7N2O2P/c1-12-8(11)7-10-5-3-2-4-6(10)9-13-7/h2-5H,1H3. The van der Waals surface area contributed by atoms with Gasteiger partial charge in [0.15, 0.2) is 5.43 Å². The molecule has 2 heterocycles. The molecule has 5 heteroatoms. The number of carbonyl (C=O) groups is 1. The van der Waals surface area contributed by atoms with Crippen LogP contribution in [0.1, 0.15) is 10.2 Å². The lowest BCUT2D eigenvalue weighted by Crippen LogP contribution is -2.03. The Morgan fingerprint density at radius 1 is 1.62 bits per heavy atom. The minimum absolute atomic E-state index is 0.333. The van der Waals surface area contributed by atoms with E-state index in [-0.39, 0.29) is 5.97 Å². The van der Waals surface area contributed by atoms with Crippen molar-refractivity contribution < 1.29 is 9.53 Å². The molecule has 13 heavy (non-hydrogen) atoms. The van der Waals surface area contributed by atoms with Gasteiger partial charge >= 0.3 is 5.97 Å². The zero-order valence-electron chi connectivity index (χ0n) is 6.97. The number of fused-ring (bicyclic) bond motifs is 1. The van der Waals surface area contributed by atoms with Crippen LogP contribution in [0.15, 0.2) is 24.4 Å². The Labute approximate surface area is 76.3 Å². The minimum atomic E-state index is -0.333. The average Bonchev–Trinajstić information content (AvgIpc) is 2.60. The van der Waals surface area contributed by atoms with Gasteiger partial charge in [0.05, 0.1) is 15.5 Å². The second-order valence-electron chi connectivity index (χ2n) is 2.44. The predicted molar refractivity (Wildman–Crippen MR) is 49.0 cm³/mol. The second-order valence-corrected chi connectivity index (χ2v) is 3.27. The number of esters is 1. The van der Waals surface area contributed by atoms with Crippen LogP contribution in [0.3, 0.4) is 0 Å². The van der Waals surface area contributed by atoms with E-state index in [1.54, 1.807) is 10.6 Å². The molecule has 2 aromatic heterocycles. The van der Waals surface area contributed by atoms with Crippen molar-refractivity contribution >= 4 is 20.0 Å². The first-order valence-corrected chi connectivity index (χ1v) is 4.56. The van der Waals surface area contributed by atoms with Gasteiger partial charge in [0.25, 0.3) is 0 Å². The van der Waals surface area contributed by atoms with Crippen LogP contribution in [0.2, 0.25) is 0 Å². The smallest absolute Gasteiger partial charge is 0.361 e. The molecule has 2 aromatic rings. The summed E-state index contributed by atoms with van der Waals surface area (Å²) in [6, 6.07) is 5.58. The third kappa shape index (κ3) is 1.29. The van der Waals surface area contributed by atoms with Gasteiger partial charge in [0.2, 0.25) is 0 Å². The molecule has 0 spiro atoms. The van der Waals surface area contributed by atoms with Crippen molar-refractivity contribution in [3.63, 3.8) is 0 Å². The van der Waals surface area contributed by atoms with Gasteiger partial charge < -0.3 is 4.74 Å². The molecule has 0 aliphatic heterocycles. The van der Waals surface area contributed by atoms with Crippen LogP contribution in [0.4, 0.5) is 0 Å². The minimum Gasteiger partial charge on any atom is -0.464 e. The number of hydrogen-bond donors (Lipinski definition) is 0. The molecule has 0 radical (unpaired) electrons. The van der Waals surface area contributed by atoms with Crippen LogP contribution >= 0.6 is 8.35 Å². The van der Waals surface area contributed by atoms with E-state index in [0.717, 1.165) is 5.65 Å². The Bertz CT molecular complexity index is 452. The van der Waals surface area contributed by atoms with Gasteiger partial charge in [-0.15, -0.1) is 0 Å². The average molecular weight is 194 g/mol. The van der Waals surface area contributed by atoms with Gasteiger partial charge in [0.1, 0.15) is 5.65 Å². The Balaban J connectivity index is 2.64. The summed E-state index contributed by atoms with van der Waals surface area (Å²) in [5, 5.41) is 0. The fourth-order valence-corrected chi connectivity index (χ4v) is 1.87. The van der Waals surface area contributed by atoms with Gasteiger partial charge in [-0.25, -0.2) is 9.54 Å². The first-order chi connectivity index (χ1) is 6.33. The summed E-state index contributed by atoms with van der Waals surface area (Å²) in [5.41, 5.74) is 1.32. The molecular formula is C8H7N2O2P. The molecule has 0 atom stereocenters. The van der Waals surface area contributed by atoms with Crippen molar-refractivity contribution in [3.8, 4) is 0 Å². The molecule has 2 rings (SSSR count). The maximum atomic E-state index is 11.2. The fraction of sp³-hybridized carbons (Fsp3) is 0.125. The normalized spacial score (nSPS) is 10.8. The predicted octanol–water partition coefficient (Wildman–Crippen LogP) is 1.70. The van der Waals surface area contributed by atoms with E-state index in [1.807, 2.05) is 18.2 Å². The van der Waals surface area contributed by atoms with Crippen molar-refractivity contribution in [1.29, 1.82) is 0 Å². The van der Waals surface area contributed by atoms with E-state index in [1.165, 1.54) is 7.11 Å². The first-order valence-electron chi connectivity index (χ1n) is 3.71. The van der Waals surface area contributed by atoms with Gasteiger partial charge in [-0.3, -0.25) is 4.40 Å². The molecule has 4 nitrogen and oxygen atoms in total. The van der Waals surface area contributed by atoms with E-state index in [4.69, 9.17) is 0 Å². The van der Waals surface area contributed by atoms with Crippen molar-refractivity contribution in [2.24, 2.45) is 0 Å². The summed E-state index contributed by atoms with van der Waals surface area (Å²) in [4.78, 5) is 11.2. The Hall–Kier alpha value is -1.41. The quantitative estimate of drug-likeness (QED) is 0.649. The highest BCUT2D eigenvalue weighted by atomic mass is 31.0. The summed E-state index contributed by atoms with van der Waals surface area (Å²) in [6.45, 7) is 0. The van der Waals surface area contributed by atoms with E-state index < -0.39 is 0 Å². The van der Waals surface area contributed by atoms with Crippen molar-refractivity contribution in [3.05, 3.63) is 29.8 Å². The maximum absolute atomic E-state index is 11.2. The number of carbonyl (C=O) groups excluding carboxylic acids is 1. The molecular weight excluding hydrogens is 187 g/mol. The summed E-state index contributed by atoms with van der Waals surface area (Å²) < 4.78 is 10.5. The number of methoxy groups -OCH3 is 1. The van der Waals surface area contributed by atoms with E-state index in [0.29, 0.717) is 13.8 Å². The molecule has 0 aromatic carbocycles. The highest BCUT2D eigenvalue weighted by molar-refractivity contribution is 7.28. The lowest BCUT2D eigenvalue weighted by Gasteiger charge is -1.96. The van der Waals surface area contributed by atoms with Gasteiger partial charge in [-0.2, -0.15) is 0 Å². The molecule has 0 bridgehead atoms. The van der Waals surface area contributed by atoms with E-state index >= 15 is 0 Å². The van der Waals surface area contributed by atoms with Crippen LogP contribution in [0, 0.1) is 0 Å². The SMILES string of the molecule is COC(=O)c1pnc2ccccn12. The van der Waals surface area contributed by atoms with Crippen molar-refractivity contribution in [2.75, 3.05) is 7.11 Å². The summed E-state index contributed by atoms with van der Waals surface area (Å²) >= 11 is 0. The fourth-order valence-electron chi connectivity index (χ4n) is 1.07. The zero-order chi connectivity index (χ0) is 9.26. The second kappa shape index (κ2) is 3.15. The topological polar surface area (TPSA) is 43.6 Å². The molecule has 0 aliphatic rings. The number of pyridine rings is 1. The number of nitrogens with zero attached hydrogens (tertiary/aromatic N) is 2. The lowest BCUT2D eigenvalue weighted by molar-refractivity contribution is 0.0599. The Kier molecular flexibility index (Phi) is 1.99. The molecule has 0 amide bonds. The summed E-state index contributed by atoms with van der Waals surface area (Å²) in [6.07, 6.45) is 1.80. The highest BCUT2D eigenvalue weighted by Gasteiger charge is 2.11. The number of hydrogen-bond acceptors (Lipinski definition) is 3. The molecule has 0 saturated carbocycles. The van der Waals surface area contributed by atoms with Crippen molar-refractivity contribution in [2.45, 2.75) is 0 Å². The summed E-state index contributed by atoms with van der Waals surface area (Å²) in [7, 11) is 2.01. The Morgan fingerprint density at radius 3 is 3.23 bits per heavy atom. The monoisotopic (exact) mass is 194 g/mol. The zero-order valence-corrected chi connectivity index (χ0v) is 7.86. The van der Waals surface area contributed by atoms with Crippen molar-refractivity contribution in [1.82, 2.24) is 9.15 Å².